The monoisotopic (exact) mass is 560 g/mol. The van der Waals surface area contributed by atoms with Crippen LogP contribution >= 0.6 is 11.3 Å². The van der Waals surface area contributed by atoms with Crippen LogP contribution in [0.15, 0.2) is 60.7 Å². The molecule has 2 aliphatic heterocycles. The van der Waals surface area contributed by atoms with Crippen LogP contribution in [-0.4, -0.2) is 47.1 Å². The van der Waals surface area contributed by atoms with Crippen molar-refractivity contribution in [2.75, 3.05) is 18.1 Å². The average Bonchev–Trinajstić information content (AvgIpc) is 3.59. The fraction of sp³-hybridized carbons (Fsp3) is 0.267. The highest BCUT2D eigenvalue weighted by atomic mass is 32.1. The molecule has 0 saturated carbocycles. The van der Waals surface area contributed by atoms with Gasteiger partial charge in [-0.2, -0.15) is 0 Å². The van der Waals surface area contributed by atoms with Crippen LogP contribution < -0.4 is 14.4 Å². The standard InChI is InChI=1S/C30H28N2O7S/c1-5-13-38-21-10-7-18(8-11-21)24-23(25(33)19-9-12-22-20(15-19)14-16(3)39-22)26(34)28(35)32(24)30-31-17(4)27(40-30)29(36)37-6-2/h5,7-12,15-16,24,33H,1,6,13-14H2,2-4H3. The molecule has 5 rings (SSSR count). The smallest absolute Gasteiger partial charge is 0.350 e. The number of benzene rings is 2. The lowest BCUT2D eigenvalue weighted by molar-refractivity contribution is -0.132. The van der Waals surface area contributed by atoms with Gasteiger partial charge in [-0.25, -0.2) is 9.78 Å². The molecule has 0 aliphatic carbocycles. The molecule has 1 saturated heterocycles. The fourth-order valence-electron chi connectivity index (χ4n) is 4.84. The van der Waals surface area contributed by atoms with Crippen LogP contribution in [0.25, 0.3) is 5.76 Å². The van der Waals surface area contributed by atoms with Crippen LogP contribution in [0.5, 0.6) is 11.5 Å². The molecule has 3 heterocycles. The van der Waals surface area contributed by atoms with Crippen molar-refractivity contribution in [2.45, 2.75) is 39.3 Å². The van der Waals surface area contributed by atoms with Gasteiger partial charge in [0.25, 0.3) is 5.78 Å². The number of aromatic nitrogens is 1. The lowest BCUT2D eigenvalue weighted by Crippen LogP contribution is -2.29. The lowest BCUT2D eigenvalue weighted by atomic mass is 9.94. The number of hydrogen-bond acceptors (Lipinski definition) is 9. The van der Waals surface area contributed by atoms with Crippen molar-refractivity contribution >= 4 is 39.9 Å². The molecule has 1 N–H and O–H groups in total. The van der Waals surface area contributed by atoms with Crippen LogP contribution in [0.2, 0.25) is 0 Å². The van der Waals surface area contributed by atoms with E-state index in [1.54, 1.807) is 62.4 Å². The van der Waals surface area contributed by atoms with Crippen molar-refractivity contribution in [1.82, 2.24) is 4.98 Å². The quantitative estimate of drug-likeness (QED) is 0.132. The van der Waals surface area contributed by atoms with E-state index < -0.39 is 23.7 Å². The number of Topliss-reactive ketones (excluding diaryl/α,β-unsaturated/α-hetero) is 1. The van der Waals surface area contributed by atoms with Crippen molar-refractivity contribution in [3.63, 3.8) is 0 Å². The van der Waals surface area contributed by atoms with E-state index >= 15 is 0 Å². The van der Waals surface area contributed by atoms with E-state index in [0.29, 0.717) is 35.6 Å². The first-order valence-electron chi connectivity index (χ1n) is 12.8. The van der Waals surface area contributed by atoms with Gasteiger partial charge in [0.05, 0.1) is 23.9 Å². The van der Waals surface area contributed by atoms with Gasteiger partial charge in [-0.05, 0) is 62.2 Å². The molecular formula is C30H28N2O7S. The molecule has 1 amide bonds. The molecular weight excluding hydrogens is 532 g/mol. The number of aliphatic hydroxyl groups excluding tert-OH is 1. The number of amides is 1. The Morgan fingerprint density at radius 3 is 2.70 bits per heavy atom. The molecule has 3 aromatic rings. The topological polar surface area (TPSA) is 115 Å². The molecule has 2 aromatic carbocycles. The number of anilines is 1. The number of thiazole rings is 1. The van der Waals surface area contributed by atoms with E-state index in [0.717, 1.165) is 22.6 Å². The molecule has 2 atom stereocenters. The summed E-state index contributed by atoms with van der Waals surface area (Å²) < 4.78 is 16.5. The Morgan fingerprint density at radius 1 is 1.25 bits per heavy atom. The number of fused-ring (bicyclic) bond motifs is 1. The Hall–Kier alpha value is -4.44. The van der Waals surface area contributed by atoms with Crippen molar-refractivity contribution in [3.05, 3.63) is 88.0 Å². The number of nitrogens with zero attached hydrogens (tertiary/aromatic N) is 2. The first-order valence-corrected chi connectivity index (χ1v) is 13.6. The number of ether oxygens (including phenoxy) is 3. The highest BCUT2D eigenvalue weighted by Gasteiger charge is 2.48. The Labute approximate surface area is 235 Å². The fourth-order valence-corrected chi connectivity index (χ4v) is 5.83. The van der Waals surface area contributed by atoms with Crippen LogP contribution in [-0.2, 0) is 20.7 Å². The van der Waals surface area contributed by atoms with Crippen LogP contribution in [0.4, 0.5) is 5.13 Å². The van der Waals surface area contributed by atoms with Crippen LogP contribution in [0.1, 0.15) is 51.9 Å². The van der Waals surface area contributed by atoms with E-state index in [9.17, 15) is 19.5 Å². The van der Waals surface area contributed by atoms with Crippen molar-refractivity contribution < 1.29 is 33.7 Å². The summed E-state index contributed by atoms with van der Waals surface area (Å²) in [5.74, 6) is -1.29. The maximum atomic E-state index is 13.5. The maximum absolute atomic E-state index is 13.5. The minimum absolute atomic E-state index is 0.00142. The molecule has 0 radical (unpaired) electrons. The number of carbonyl (C=O) groups excluding carboxylic acids is 3. The third-order valence-electron chi connectivity index (χ3n) is 6.63. The first-order chi connectivity index (χ1) is 19.2. The van der Waals surface area contributed by atoms with Gasteiger partial charge in [-0.3, -0.25) is 14.5 Å². The number of aryl methyl sites for hydroxylation is 1. The molecule has 10 heteroatoms. The van der Waals surface area contributed by atoms with E-state index in [1.165, 1.54) is 4.90 Å². The van der Waals surface area contributed by atoms with Gasteiger partial charge >= 0.3 is 11.9 Å². The van der Waals surface area contributed by atoms with Crippen LogP contribution in [0.3, 0.4) is 0 Å². The van der Waals surface area contributed by atoms with Crippen molar-refractivity contribution in [3.8, 4) is 11.5 Å². The highest BCUT2D eigenvalue weighted by Crippen LogP contribution is 2.44. The van der Waals surface area contributed by atoms with Gasteiger partial charge in [-0.15, -0.1) is 0 Å². The predicted molar refractivity (Wildman–Crippen MR) is 150 cm³/mol. The van der Waals surface area contributed by atoms with E-state index in [1.807, 2.05) is 6.92 Å². The highest BCUT2D eigenvalue weighted by molar-refractivity contribution is 7.17. The summed E-state index contributed by atoms with van der Waals surface area (Å²) >= 11 is 0.960. The molecule has 1 fully saturated rings. The number of hydrogen-bond donors (Lipinski definition) is 1. The first kappa shape index (κ1) is 27.1. The zero-order valence-electron chi connectivity index (χ0n) is 22.3. The molecule has 9 nitrogen and oxygen atoms in total. The van der Waals surface area contributed by atoms with Crippen molar-refractivity contribution in [1.29, 1.82) is 0 Å². The molecule has 206 valence electrons. The zero-order chi connectivity index (χ0) is 28.6. The van der Waals surface area contributed by atoms with Crippen LogP contribution in [0, 0.1) is 6.92 Å². The minimum Gasteiger partial charge on any atom is -0.507 e. The van der Waals surface area contributed by atoms with Gasteiger partial charge in [0.2, 0.25) is 0 Å². The number of ketones is 1. The van der Waals surface area contributed by atoms with Gasteiger partial charge in [0.15, 0.2) is 5.13 Å². The molecule has 40 heavy (non-hydrogen) atoms. The second-order valence-electron chi connectivity index (χ2n) is 9.42. The van der Waals surface area contributed by atoms with Gasteiger partial charge in [0.1, 0.15) is 34.8 Å². The van der Waals surface area contributed by atoms with E-state index in [2.05, 4.69) is 11.6 Å². The molecule has 2 aliphatic rings. The average molecular weight is 561 g/mol. The van der Waals surface area contributed by atoms with Gasteiger partial charge in [0, 0.05) is 12.0 Å². The third kappa shape index (κ3) is 4.86. The second-order valence-corrected chi connectivity index (χ2v) is 10.4. The largest absolute Gasteiger partial charge is 0.507 e. The zero-order valence-corrected chi connectivity index (χ0v) is 23.1. The Morgan fingerprint density at radius 2 is 2.00 bits per heavy atom. The SMILES string of the molecule is C=CCOc1ccc(C2C(=C(O)c3ccc4c(c3)CC(C)O4)C(=O)C(=O)N2c2nc(C)c(C(=O)OCC)s2)cc1. The molecule has 2 unspecified atom stereocenters. The molecule has 0 bridgehead atoms. The Bertz CT molecular complexity index is 1540. The summed E-state index contributed by atoms with van der Waals surface area (Å²) in [5.41, 5.74) is 2.14. The summed E-state index contributed by atoms with van der Waals surface area (Å²) in [6.07, 6.45) is 2.29. The lowest BCUT2D eigenvalue weighted by Gasteiger charge is -2.23. The minimum atomic E-state index is -1.00. The number of carbonyl (C=O) groups is 3. The van der Waals surface area contributed by atoms with Gasteiger partial charge in [-0.1, -0.05) is 36.1 Å². The summed E-state index contributed by atoms with van der Waals surface area (Å²) in [5, 5.41) is 11.7. The summed E-state index contributed by atoms with van der Waals surface area (Å²) in [6, 6.07) is 11.1. The third-order valence-corrected chi connectivity index (χ3v) is 7.77. The maximum Gasteiger partial charge on any atom is 0.350 e. The second kappa shape index (κ2) is 11.0. The molecule has 0 spiro atoms. The Balaban J connectivity index is 1.64. The Kier molecular flexibility index (Phi) is 7.44. The van der Waals surface area contributed by atoms with E-state index in [4.69, 9.17) is 14.2 Å². The van der Waals surface area contributed by atoms with Gasteiger partial charge < -0.3 is 19.3 Å². The number of aliphatic hydroxyl groups is 1. The molecule has 1 aromatic heterocycles. The number of rotatable bonds is 8. The van der Waals surface area contributed by atoms with Crippen molar-refractivity contribution in [2.24, 2.45) is 0 Å². The summed E-state index contributed by atoms with van der Waals surface area (Å²) in [7, 11) is 0. The number of esters is 1. The van der Waals surface area contributed by atoms with E-state index in [-0.39, 0.29) is 34.1 Å². The summed E-state index contributed by atoms with van der Waals surface area (Å²) in [4.78, 5) is 45.4. The predicted octanol–water partition coefficient (Wildman–Crippen LogP) is 5.14. The normalized spacial score (nSPS) is 19.3. The summed E-state index contributed by atoms with van der Waals surface area (Å²) in [6.45, 7) is 9.43.